The third-order valence-corrected chi connectivity index (χ3v) is 4.49. The summed E-state index contributed by atoms with van der Waals surface area (Å²) in [5.41, 5.74) is 5.63. The van der Waals surface area contributed by atoms with Crippen molar-refractivity contribution < 1.29 is 18.4 Å². The van der Waals surface area contributed by atoms with E-state index in [1.54, 1.807) is 6.92 Å². The van der Waals surface area contributed by atoms with E-state index in [1.165, 1.54) is 23.0 Å². The molecule has 0 bridgehead atoms. The Hall–Kier alpha value is -3.37. The number of aryl methyl sites for hydroxylation is 1. The number of carbonyl (C=O) groups excluding carboxylic acids is 2. The molecule has 1 aliphatic carbocycles. The van der Waals surface area contributed by atoms with Gasteiger partial charge < -0.3 is 11.1 Å². The van der Waals surface area contributed by atoms with Gasteiger partial charge >= 0.3 is 0 Å². The molecule has 1 aliphatic rings. The predicted molar refractivity (Wildman–Crippen MR) is 94.3 cm³/mol. The van der Waals surface area contributed by atoms with Gasteiger partial charge in [-0.15, -0.1) is 0 Å². The number of aromatic nitrogens is 5. The minimum absolute atomic E-state index is 0.0959. The van der Waals surface area contributed by atoms with E-state index < -0.39 is 18.2 Å². The van der Waals surface area contributed by atoms with E-state index in [0.29, 0.717) is 12.2 Å². The monoisotopic (exact) mass is 389 g/mol. The topological polar surface area (TPSA) is 120 Å². The van der Waals surface area contributed by atoms with Crippen LogP contribution in [-0.4, -0.2) is 36.2 Å². The molecule has 0 unspecified atom stereocenters. The molecule has 1 fully saturated rings. The first kappa shape index (κ1) is 18.0. The number of halogens is 2. The smallest absolute Gasteiger partial charge is 0.280 e. The molecule has 0 aliphatic heterocycles. The first-order valence-electron chi connectivity index (χ1n) is 8.74. The van der Waals surface area contributed by atoms with E-state index in [9.17, 15) is 18.4 Å². The van der Waals surface area contributed by atoms with E-state index in [2.05, 4.69) is 20.5 Å². The number of fused-ring (bicyclic) bond motifs is 1. The molecular weight excluding hydrogens is 372 g/mol. The van der Waals surface area contributed by atoms with Gasteiger partial charge in [-0.05, 0) is 25.8 Å². The lowest BCUT2D eigenvalue weighted by atomic mass is 10.2. The summed E-state index contributed by atoms with van der Waals surface area (Å²) in [6, 6.07) is 2.67. The van der Waals surface area contributed by atoms with Gasteiger partial charge in [0.1, 0.15) is 5.69 Å². The van der Waals surface area contributed by atoms with Crippen LogP contribution in [0, 0.1) is 0 Å². The summed E-state index contributed by atoms with van der Waals surface area (Å²) in [6.45, 7) is 2.27. The fourth-order valence-corrected chi connectivity index (χ4v) is 2.92. The van der Waals surface area contributed by atoms with Crippen LogP contribution in [0.25, 0.3) is 5.65 Å². The van der Waals surface area contributed by atoms with Crippen molar-refractivity contribution in [2.75, 3.05) is 5.32 Å². The van der Waals surface area contributed by atoms with Crippen LogP contribution in [0.3, 0.4) is 0 Å². The fraction of sp³-hybridized carbons (Fsp3) is 0.353. The number of anilines is 1. The highest BCUT2D eigenvalue weighted by molar-refractivity contribution is 6.07. The van der Waals surface area contributed by atoms with Crippen molar-refractivity contribution in [2.45, 2.75) is 38.7 Å². The number of carbonyl (C=O) groups is 2. The largest absolute Gasteiger partial charge is 0.364 e. The molecule has 11 heteroatoms. The summed E-state index contributed by atoms with van der Waals surface area (Å²) >= 11 is 0. The molecule has 0 saturated heterocycles. The molecule has 1 saturated carbocycles. The number of rotatable bonds is 6. The molecule has 0 spiro atoms. The zero-order valence-corrected chi connectivity index (χ0v) is 14.9. The van der Waals surface area contributed by atoms with Gasteiger partial charge in [0.05, 0.1) is 5.69 Å². The number of hydrogen-bond acceptors (Lipinski definition) is 5. The van der Waals surface area contributed by atoms with Crippen LogP contribution < -0.4 is 11.1 Å². The Balaban J connectivity index is 1.69. The second-order valence-corrected chi connectivity index (χ2v) is 6.55. The van der Waals surface area contributed by atoms with Crippen LogP contribution in [0.5, 0.6) is 0 Å². The second-order valence-electron chi connectivity index (χ2n) is 6.55. The van der Waals surface area contributed by atoms with Crippen LogP contribution in [0.15, 0.2) is 18.3 Å². The fourth-order valence-electron chi connectivity index (χ4n) is 2.92. The van der Waals surface area contributed by atoms with Crippen molar-refractivity contribution in [1.82, 2.24) is 24.4 Å². The van der Waals surface area contributed by atoms with Crippen molar-refractivity contribution >= 4 is 23.1 Å². The van der Waals surface area contributed by atoms with Crippen LogP contribution in [-0.2, 0) is 6.54 Å². The van der Waals surface area contributed by atoms with E-state index in [1.807, 2.05) is 0 Å². The van der Waals surface area contributed by atoms with Crippen molar-refractivity contribution in [3.05, 3.63) is 41.1 Å². The Morgan fingerprint density at radius 3 is 2.68 bits per heavy atom. The van der Waals surface area contributed by atoms with Gasteiger partial charge in [-0.1, -0.05) is 0 Å². The summed E-state index contributed by atoms with van der Waals surface area (Å²) < 4.78 is 29.3. The summed E-state index contributed by atoms with van der Waals surface area (Å²) in [7, 11) is 0. The molecule has 2 amide bonds. The highest BCUT2D eigenvalue weighted by atomic mass is 19.3. The molecular formula is C17H17F2N7O2. The second kappa shape index (κ2) is 6.66. The standard InChI is InChI=1S/C17H17F2N7O2/c1-2-25-7-11(14(24-25)16(20)27)22-17(28)10-6-13-21-9(8-3-4-8)5-12(15(18)19)26(13)23-10/h5-8,15H,2-4H2,1H3,(H2,20,27)(H,22,28). The average Bonchev–Trinajstić information content (AvgIpc) is 3.28. The van der Waals surface area contributed by atoms with E-state index in [-0.39, 0.29) is 34.3 Å². The number of primary amides is 1. The highest BCUT2D eigenvalue weighted by Gasteiger charge is 2.28. The SMILES string of the molecule is CCn1cc(NC(=O)c2cc3nc(C4CC4)cc(C(F)F)n3n2)c(C(N)=O)n1. The molecule has 0 atom stereocenters. The van der Waals surface area contributed by atoms with Gasteiger partial charge in [0, 0.05) is 30.4 Å². The molecule has 3 aromatic rings. The maximum absolute atomic E-state index is 13.4. The molecule has 3 aromatic heterocycles. The number of alkyl halides is 2. The number of nitrogens with one attached hydrogen (secondary N) is 1. The lowest BCUT2D eigenvalue weighted by Crippen LogP contribution is -2.18. The first-order chi connectivity index (χ1) is 13.4. The van der Waals surface area contributed by atoms with Crippen LogP contribution >= 0.6 is 0 Å². The zero-order valence-electron chi connectivity index (χ0n) is 14.9. The summed E-state index contributed by atoms with van der Waals surface area (Å²) in [6.07, 6.45) is 0.514. The van der Waals surface area contributed by atoms with E-state index >= 15 is 0 Å². The summed E-state index contributed by atoms with van der Waals surface area (Å²) in [5, 5.41) is 10.5. The highest BCUT2D eigenvalue weighted by Crippen LogP contribution is 2.40. The molecule has 4 rings (SSSR count). The van der Waals surface area contributed by atoms with Gasteiger partial charge in [0.25, 0.3) is 18.2 Å². The Bertz CT molecular complexity index is 1080. The molecule has 0 aromatic carbocycles. The number of nitrogens with two attached hydrogens (primary N) is 1. The molecule has 146 valence electrons. The molecule has 3 N–H and O–H groups in total. The van der Waals surface area contributed by atoms with Crippen molar-refractivity contribution in [3.63, 3.8) is 0 Å². The minimum atomic E-state index is -2.76. The third-order valence-electron chi connectivity index (χ3n) is 4.49. The lowest BCUT2D eigenvalue weighted by Gasteiger charge is -2.06. The predicted octanol–water partition coefficient (Wildman–Crippen LogP) is 2.11. The maximum Gasteiger partial charge on any atom is 0.280 e. The van der Waals surface area contributed by atoms with Gasteiger partial charge in [-0.2, -0.15) is 10.2 Å². The van der Waals surface area contributed by atoms with Crippen LogP contribution in [0.1, 0.15) is 64.5 Å². The quantitative estimate of drug-likeness (QED) is 0.669. The third kappa shape index (κ3) is 3.19. The normalized spacial score (nSPS) is 14.0. The van der Waals surface area contributed by atoms with Gasteiger partial charge in [0.2, 0.25) is 0 Å². The molecule has 28 heavy (non-hydrogen) atoms. The number of hydrogen-bond donors (Lipinski definition) is 2. The van der Waals surface area contributed by atoms with Crippen LogP contribution in [0.2, 0.25) is 0 Å². The Morgan fingerprint density at radius 2 is 2.07 bits per heavy atom. The molecule has 9 nitrogen and oxygen atoms in total. The average molecular weight is 389 g/mol. The van der Waals surface area contributed by atoms with Gasteiger partial charge in [-0.3, -0.25) is 14.3 Å². The maximum atomic E-state index is 13.4. The van der Waals surface area contributed by atoms with Crippen molar-refractivity contribution in [2.24, 2.45) is 5.73 Å². The van der Waals surface area contributed by atoms with Gasteiger partial charge in [-0.25, -0.2) is 18.3 Å². The lowest BCUT2D eigenvalue weighted by molar-refractivity contribution is 0.0995. The minimum Gasteiger partial charge on any atom is -0.364 e. The van der Waals surface area contributed by atoms with E-state index in [4.69, 9.17) is 5.73 Å². The molecule has 3 heterocycles. The summed E-state index contributed by atoms with van der Waals surface area (Å²) in [4.78, 5) is 28.4. The first-order valence-corrected chi connectivity index (χ1v) is 8.74. The van der Waals surface area contributed by atoms with Crippen molar-refractivity contribution in [3.8, 4) is 0 Å². The zero-order chi connectivity index (χ0) is 20.0. The van der Waals surface area contributed by atoms with Gasteiger partial charge in [0.15, 0.2) is 17.0 Å². The van der Waals surface area contributed by atoms with Crippen molar-refractivity contribution in [1.29, 1.82) is 0 Å². The van der Waals surface area contributed by atoms with Crippen LogP contribution in [0.4, 0.5) is 14.5 Å². The Labute approximate surface area is 157 Å². The Morgan fingerprint density at radius 1 is 1.32 bits per heavy atom. The Kier molecular flexibility index (Phi) is 4.28. The number of amides is 2. The summed E-state index contributed by atoms with van der Waals surface area (Å²) in [5.74, 6) is -1.31. The number of nitrogens with zero attached hydrogens (tertiary/aromatic N) is 5. The van der Waals surface area contributed by atoms with E-state index in [0.717, 1.165) is 17.4 Å². The molecule has 0 radical (unpaired) electrons.